The van der Waals surface area contributed by atoms with Crippen LogP contribution in [0.2, 0.25) is 0 Å². The van der Waals surface area contributed by atoms with Gasteiger partial charge in [-0.15, -0.1) is 0 Å². The standard InChI is InChI=1S/C21H34N4O4/c1-21(2,3)22-17(26)14-23-10-12-24(13-11-23)18(27)8-9-25-19(28)15-6-4-5-7-16(15)20(25)29/h15-16H,4-14H2,1-3H3,(H,22,26)/p+1/t15-,16+. The smallest absolute Gasteiger partial charge is 0.275 e. The Balaban J connectivity index is 1.42. The number of hydrogen-bond acceptors (Lipinski definition) is 4. The fourth-order valence-corrected chi connectivity index (χ4v) is 4.76. The van der Waals surface area contributed by atoms with E-state index in [0.717, 1.165) is 38.8 Å². The second-order valence-corrected chi connectivity index (χ2v) is 9.68. The maximum Gasteiger partial charge on any atom is 0.275 e. The molecule has 4 amide bonds. The van der Waals surface area contributed by atoms with Crippen molar-refractivity contribution in [3.8, 4) is 0 Å². The first-order valence-corrected chi connectivity index (χ1v) is 10.9. The average Bonchev–Trinajstić information content (AvgIpc) is 2.90. The van der Waals surface area contributed by atoms with E-state index in [9.17, 15) is 19.2 Å². The number of imide groups is 1. The van der Waals surface area contributed by atoms with Crippen LogP contribution in [0.25, 0.3) is 0 Å². The van der Waals surface area contributed by atoms with Gasteiger partial charge in [-0.25, -0.2) is 0 Å². The second kappa shape index (κ2) is 8.81. The minimum atomic E-state index is -0.240. The minimum Gasteiger partial charge on any atom is -0.347 e. The Morgan fingerprint density at radius 3 is 2.10 bits per heavy atom. The van der Waals surface area contributed by atoms with Crippen molar-refractivity contribution in [3.63, 3.8) is 0 Å². The molecule has 0 aromatic rings. The normalized spacial score (nSPS) is 25.9. The number of likely N-dealkylation sites (tertiary alicyclic amines) is 1. The zero-order chi connectivity index (χ0) is 21.2. The van der Waals surface area contributed by atoms with Crippen molar-refractivity contribution in [1.29, 1.82) is 0 Å². The summed E-state index contributed by atoms with van der Waals surface area (Å²) in [6.45, 7) is 9.16. The van der Waals surface area contributed by atoms with Gasteiger partial charge in [-0.2, -0.15) is 0 Å². The van der Waals surface area contributed by atoms with E-state index in [0.29, 0.717) is 19.6 Å². The predicted octanol–water partition coefficient (Wildman–Crippen LogP) is -0.806. The molecule has 1 aliphatic carbocycles. The van der Waals surface area contributed by atoms with Gasteiger partial charge in [-0.3, -0.25) is 24.1 Å². The average molecular weight is 408 g/mol. The van der Waals surface area contributed by atoms with Gasteiger partial charge < -0.3 is 15.1 Å². The summed E-state index contributed by atoms with van der Waals surface area (Å²) in [4.78, 5) is 54.0. The maximum atomic E-state index is 12.6. The number of amides is 4. The lowest BCUT2D eigenvalue weighted by atomic mass is 9.81. The van der Waals surface area contributed by atoms with Crippen molar-refractivity contribution >= 4 is 23.6 Å². The quantitative estimate of drug-likeness (QED) is 0.584. The third-order valence-corrected chi connectivity index (χ3v) is 6.23. The summed E-state index contributed by atoms with van der Waals surface area (Å²) < 4.78 is 0. The zero-order valence-electron chi connectivity index (χ0n) is 18.0. The van der Waals surface area contributed by atoms with Gasteiger partial charge in [0.15, 0.2) is 6.54 Å². The monoisotopic (exact) mass is 407 g/mol. The van der Waals surface area contributed by atoms with Crippen LogP contribution in [0.3, 0.4) is 0 Å². The Morgan fingerprint density at radius 1 is 1.03 bits per heavy atom. The largest absolute Gasteiger partial charge is 0.347 e. The number of nitrogens with one attached hydrogen (secondary N) is 2. The molecule has 0 bridgehead atoms. The number of piperazine rings is 1. The van der Waals surface area contributed by atoms with Crippen molar-refractivity contribution in [3.05, 3.63) is 0 Å². The van der Waals surface area contributed by atoms with Gasteiger partial charge in [0.1, 0.15) is 0 Å². The fraction of sp³-hybridized carbons (Fsp3) is 0.810. The Labute approximate surface area is 172 Å². The van der Waals surface area contributed by atoms with E-state index < -0.39 is 0 Å². The molecule has 8 heteroatoms. The minimum absolute atomic E-state index is 0.0151. The Morgan fingerprint density at radius 2 is 1.59 bits per heavy atom. The molecule has 0 aromatic carbocycles. The second-order valence-electron chi connectivity index (χ2n) is 9.68. The maximum absolute atomic E-state index is 12.6. The molecule has 3 fully saturated rings. The van der Waals surface area contributed by atoms with Crippen molar-refractivity contribution in [2.75, 3.05) is 39.3 Å². The molecule has 0 radical (unpaired) electrons. The summed E-state index contributed by atoms with van der Waals surface area (Å²) in [7, 11) is 0. The van der Waals surface area contributed by atoms with E-state index in [2.05, 4.69) is 5.32 Å². The topological polar surface area (TPSA) is 91.2 Å². The van der Waals surface area contributed by atoms with E-state index in [1.54, 1.807) is 4.90 Å². The molecule has 3 rings (SSSR count). The highest BCUT2D eigenvalue weighted by atomic mass is 16.2. The highest BCUT2D eigenvalue weighted by Crippen LogP contribution is 2.37. The molecule has 0 aromatic heterocycles. The van der Waals surface area contributed by atoms with Crippen LogP contribution >= 0.6 is 0 Å². The van der Waals surface area contributed by atoms with Gasteiger partial charge in [-0.05, 0) is 33.6 Å². The van der Waals surface area contributed by atoms with Crippen molar-refractivity contribution in [2.24, 2.45) is 11.8 Å². The van der Waals surface area contributed by atoms with Gasteiger partial charge in [0.25, 0.3) is 5.91 Å². The molecule has 0 unspecified atom stereocenters. The number of nitrogens with zero attached hydrogens (tertiary/aromatic N) is 2. The zero-order valence-corrected chi connectivity index (χ0v) is 18.0. The van der Waals surface area contributed by atoms with Crippen LogP contribution in [0.1, 0.15) is 52.9 Å². The molecule has 2 N–H and O–H groups in total. The van der Waals surface area contributed by atoms with Gasteiger partial charge >= 0.3 is 0 Å². The molecule has 29 heavy (non-hydrogen) atoms. The summed E-state index contributed by atoms with van der Waals surface area (Å²) in [5.41, 5.74) is -0.240. The molecule has 8 nitrogen and oxygen atoms in total. The summed E-state index contributed by atoms with van der Waals surface area (Å²) in [5, 5.41) is 2.97. The summed E-state index contributed by atoms with van der Waals surface area (Å²) >= 11 is 0. The van der Waals surface area contributed by atoms with Crippen molar-refractivity contribution in [1.82, 2.24) is 15.1 Å². The lowest BCUT2D eigenvalue weighted by molar-refractivity contribution is -0.896. The highest BCUT2D eigenvalue weighted by Gasteiger charge is 2.47. The molecule has 1 saturated carbocycles. The number of rotatable bonds is 5. The lowest BCUT2D eigenvalue weighted by Gasteiger charge is -2.32. The van der Waals surface area contributed by atoms with Gasteiger partial charge in [0.2, 0.25) is 17.7 Å². The molecular weight excluding hydrogens is 372 g/mol. The first-order chi connectivity index (χ1) is 13.7. The van der Waals surface area contributed by atoms with Crippen LogP contribution in [0.15, 0.2) is 0 Å². The third kappa shape index (κ3) is 5.35. The third-order valence-electron chi connectivity index (χ3n) is 6.23. The van der Waals surface area contributed by atoms with Crippen LogP contribution in [0, 0.1) is 11.8 Å². The summed E-state index contributed by atoms with van der Waals surface area (Å²) in [6, 6.07) is 0. The lowest BCUT2D eigenvalue weighted by Crippen LogP contribution is -3.16. The molecule has 162 valence electrons. The first kappa shape index (κ1) is 21.7. The van der Waals surface area contributed by atoms with E-state index in [-0.39, 0.29) is 54.0 Å². The van der Waals surface area contributed by atoms with E-state index in [1.165, 1.54) is 9.80 Å². The Kier molecular flexibility index (Phi) is 6.61. The Hall–Kier alpha value is -1.96. The van der Waals surface area contributed by atoms with Crippen molar-refractivity contribution < 1.29 is 24.1 Å². The molecule has 2 atom stereocenters. The number of hydrogen-bond donors (Lipinski definition) is 2. The van der Waals surface area contributed by atoms with E-state index in [1.807, 2.05) is 20.8 Å². The summed E-state index contributed by atoms with van der Waals surface area (Å²) in [6.07, 6.45) is 3.80. The molecule has 0 spiro atoms. The van der Waals surface area contributed by atoms with Crippen LogP contribution in [0.4, 0.5) is 0 Å². The summed E-state index contributed by atoms with van der Waals surface area (Å²) in [5.74, 6) is -0.452. The van der Waals surface area contributed by atoms with E-state index in [4.69, 9.17) is 0 Å². The predicted molar refractivity (Wildman–Crippen MR) is 107 cm³/mol. The van der Waals surface area contributed by atoms with Crippen LogP contribution < -0.4 is 10.2 Å². The molecule has 2 saturated heterocycles. The van der Waals surface area contributed by atoms with Gasteiger partial charge in [-0.1, -0.05) is 12.8 Å². The van der Waals surface area contributed by atoms with E-state index >= 15 is 0 Å². The van der Waals surface area contributed by atoms with Crippen LogP contribution in [-0.4, -0.2) is 78.2 Å². The SMILES string of the molecule is CC(C)(C)NC(=O)C[NH+]1CCN(C(=O)CCN2C(=O)[C@H]3CCCC[C@H]3C2=O)CC1. The first-order valence-electron chi connectivity index (χ1n) is 10.9. The van der Waals surface area contributed by atoms with Crippen LogP contribution in [0.5, 0.6) is 0 Å². The van der Waals surface area contributed by atoms with Gasteiger partial charge in [0.05, 0.1) is 38.0 Å². The molecule has 2 aliphatic heterocycles. The fourth-order valence-electron chi connectivity index (χ4n) is 4.76. The number of carbonyl (C=O) groups is 4. The number of carbonyl (C=O) groups excluding carboxylic acids is 4. The highest BCUT2D eigenvalue weighted by molar-refractivity contribution is 6.05. The molecular formula is C21H35N4O4+. The number of fused-ring (bicyclic) bond motifs is 1. The molecule has 2 heterocycles. The van der Waals surface area contributed by atoms with Gasteiger partial charge in [0, 0.05) is 18.5 Å². The Bertz CT molecular complexity index is 640. The van der Waals surface area contributed by atoms with Crippen LogP contribution in [-0.2, 0) is 19.2 Å². The molecule has 3 aliphatic rings. The number of quaternary nitrogens is 1. The van der Waals surface area contributed by atoms with Crippen molar-refractivity contribution in [2.45, 2.75) is 58.4 Å².